The Bertz CT molecular complexity index is 1020. The van der Waals surface area contributed by atoms with Crippen LogP contribution in [0.3, 0.4) is 0 Å². The maximum absolute atomic E-state index is 13.2. The highest BCUT2D eigenvalue weighted by atomic mass is 16.4. The first kappa shape index (κ1) is 17.5. The van der Waals surface area contributed by atoms with E-state index in [1.54, 1.807) is 47.6 Å². The van der Waals surface area contributed by atoms with E-state index in [0.717, 1.165) is 19.6 Å². The summed E-state index contributed by atoms with van der Waals surface area (Å²) in [5, 5.41) is 0.483. The molecule has 6 heteroatoms. The number of benzene rings is 1. The third-order valence-corrected chi connectivity index (χ3v) is 5.39. The van der Waals surface area contributed by atoms with Gasteiger partial charge in [-0.05, 0) is 38.1 Å². The second-order valence-electron chi connectivity index (χ2n) is 6.79. The molecule has 0 saturated carbocycles. The smallest absolute Gasteiger partial charge is 0.291 e. The Hall–Kier alpha value is -2.86. The van der Waals surface area contributed by atoms with Crippen LogP contribution >= 0.6 is 0 Å². The zero-order valence-electron chi connectivity index (χ0n) is 15.5. The summed E-state index contributed by atoms with van der Waals surface area (Å²) in [7, 11) is 0. The van der Waals surface area contributed by atoms with Gasteiger partial charge in [0.25, 0.3) is 5.91 Å². The normalized spacial score (nSPS) is 16.5. The number of furan rings is 1. The molecule has 3 aromatic rings. The summed E-state index contributed by atoms with van der Waals surface area (Å²) in [6, 6.07) is 10.1. The number of para-hydroxylation sites is 1. The monoisotopic (exact) mass is 367 g/mol. The van der Waals surface area contributed by atoms with Crippen molar-refractivity contribution in [3.63, 3.8) is 0 Å². The minimum Gasteiger partial charge on any atom is -0.467 e. The van der Waals surface area contributed by atoms with E-state index in [4.69, 9.17) is 8.83 Å². The average Bonchev–Trinajstić information content (AvgIpc) is 3.30. The third-order valence-electron chi connectivity index (χ3n) is 5.39. The molecule has 1 aliphatic heterocycles. The van der Waals surface area contributed by atoms with E-state index < -0.39 is 6.04 Å². The van der Waals surface area contributed by atoms with Gasteiger partial charge in [-0.2, -0.15) is 0 Å². The highest BCUT2D eigenvalue weighted by molar-refractivity contribution is 5.98. The Kier molecular flexibility index (Phi) is 4.58. The fraction of sp³-hybridized carbons (Fsp3) is 0.333. The molecule has 2 aromatic heterocycles. The van der Waals surface area contributed by atoms with E-state index in [1.807, 2.05) is 0 Å². The van der Waals surface area contributed by atoms with Crippen molar-refractivity contribution in [3.05, 3.63) is 70.0 Å². The second kappa shape index (κ2) is 7.04. The number of nitrogens with zero attached hydrogens (tertiary/aromatic N) is 1. The quantitative estimate of drug-likeness (QED) is 0.722. The number of carbonyl (C=O) groups excluding carboxylic acids is 1. The second-order valence-corrected chi connectivity index (χ2v) is 6.79. The van der Waals surface area contributed by atoms with Gasteiger partial charge < -0.3 is 18.6 Å². The van der Waals surface area contributed by atoms with Gasteiger partial charge in [0.15, 0.2) is 5.43 Å². The summed E-state index contributed by atoms with van der Waals surface area (Å²) in [6.45, 7) is 7.55. The standard InChI is InChI=1S/C21H22N2O4/c1-3-22(4-2)11-12-23-18(16-10-7-13-26-16)17-19(24)14-8-5-6-9-15(14)27-20(17)21(23)25/h5-10,13,18H,3-4,11-12H2,1-2H3/p+1/t18-/m0/s1. The predicted molar refractivity (Wildman–Crippen MR) is 101 cm³/mol. The van der Waals surface area contributed by atoms with Gasteiger partial charge >= 0.3 is 0 Å². The number of likely N-dealkylation sites (N-methyl/N-ethyl adjacent to an activating group) is 1. The first-order valence-electron chi connectivity index (χ1n) is 9.39. The van der Waals surface area contributed by atoms with E-state index in [1.165, 1.54) is 4.90 Å². The molecule has 1 N–H and O–H groups in total. The lowest BCUT2D eigenvalue weighted by Gasteiger charge is -2.25. The fourth-order valence-corrected chi connectivity index (χ4v) is 3.82. The summed E-state index contributed by atoms with van der Waals surface area (Å²) < 4.78 is 11.5. The largest absolute Gasteiger partial charge is 0.467 e. The number of fused-ring (bicyclic) bond motifs is 2. The van der Waals surface area contributed by atoms with E-state index in [9.17, 15) is 9.59 Å². The van der Waals surface area contributed by atoms with Crippen molar-refractivity contribution in [2.24, 2.45) is 0 Å². The molecule has 1 aliphatic rings. The molecule has 0 spiro atoms. The Labute approximate surface area is 157 Å². The van der Waals surface area contributed by atoms with Crippen LogP contribution < -0.4 is 10.3 Å². The van der Waals surface area contributed by atoms with Crippen LogP contribution in [0.25, 0.3) is 11.0 Å². The molecule has 27 heavy (non-hydrogen) atoms. The van der Waals surface area contributed by atoms with Gasteiger partial charge in [0.05, 0.1) is 43.4 Å². The minimum absolute atomic E-state index is 0.134. The zero-order valence-corrected chi connectivity index (χ0v) is 15.5. The highest BCUT2D eigenvalue weighted by Gasteiger charge is 2.44. The molecular weight excluding hydrogens is 344 g/mol. The van der Waals surface area contributed by atoms with Gasteiger partial charge in [0.2, 0.25) is 5.76 Å². The van der Waals surface area contributed by atoms with Gasteiger partial charge in [-0.25, -0.2) is 0 Å². The van der Waals surface area contributed by atoms with Crippen LogP contribution in [0, 0.1) is 0 Å². The fourth-order valence-electron chi connectivity index (χ4n) is 3.82. The molecule has 0 radical (unpaired) electrons. The lowest BCUT2D eigenvalue weighted by atomic mass is 10.0. The van der Waals surface area contributed by atoms with Crippen molar-refractivity contribution in [3.8, 4) is 0 Å². The molecule has 1 aromatic carbocycles. The van der Waals surface area contributed by atoms with E-state index in [0.29, 0.717) is 28.8 Å². The van der Waals surface area contributed by atoms with Crippen molar-refractivity contribution in [2.75, 3.05) is 26.2 Å². The molecule has 0 unspecified atom stereocenters. The summed E-state index contributed by atoms with van der Waals surface area (Å²) in [5.74, 6) is 0.467. The van der Waals surface area contributed by atoms with E-state index in [-0.39, 0.29) is 17.1 Å². The maximum Gasteiger partial charge on any atom is 0.291 e. The molecule has 0 bridgehead atoms. The van der Waals surface area contributed by atoms with Gasteiger partial charge in [-0.1, -0.05) is 12.1 Å². The van der Waals surface area contributed by atoms with Gasteiger partial charge in [-0.15, -0.1) is 0 Å². The molecule has 0 aliphatic carbocycles. The van der Waals surface area contributed by atoms with Crippen molar-refractivity contribution in [1.29, 1.82) is 0 Å². The number of hydrogen-bond donors (Lipinski definition) is 1. The van der Waals surface area contributed by atoms with Crippen LogP contribution in [-0.2, 0) is 0 Å². The van der Waals surface area contributed by atoms with Crippen molar-refractivity contribution < 1.29 is 18.5 Å². The molecule has 3 heterocycles. The Morgan fingerprint density at radius 2 is 1.85 bits per heavy atom. The summed E-state index contributed by atoms with van der Waals surface area (Å²) in [4.78, 5) is 29.4. The average molecular weight is 367 g/mol. The van der Waals surface area contributed by atoms with Crippen molar-refractivity contribution >= 4 is 16.9 Å². The minimum atomic E-state index is -0.543. The van der Waals surface area contributed by atoms with E-state index >= 15 is 0 Å². The summed E-state index contributed by atoms with van der Waals surface area (Å²) >= 11 is 0. The van der Waals surface area contributed by atoms with Crippen LogP contribution in [0.1, 0.15) is 41.8 Å². The molecule has 1 atom stereocenters. The molecule has 0 saturated heterocycles. The van der Waals surface area contributed by atoms with Crippen LogP contribution in [-0.4, -0.2) is 37.0 Å². The number of amides is 1. The Balaban J connectivity index is 1.83. The van der Waals surface area contributed by atoms with E-state index in [2.05, 4.69) is 13.8 Å². The highest BCUT2D eigenvalue weighted by Crippen LogP contribution is 2.37. The maximum atomic E-state index is 13.2. The van der Waals surface area contributed by atoms with Gasteiger partial charge in [-0.3, -0.25) is 9.59 Å². The number of nitrogens with one attached hydrogen (secondary N) is 1. The molecular formula is C21H23N2O4+. The van der Waals surface area contributed by atoms with Crippen LogP contribution in [0.15, 0.2) is 56.3 Å². The first-order chi connectivity index (χ1) is 13.2. The molecule has 4 rings (SSSR count). The molecule has 1 amide bonds. The number of quaternary nitrogens is 1. The summed E-state index contributed by atoms with van der Waals surface area (Å²) in [6.07, 6.45) is 1.56. The number of rotatable bonds is 6. The van der Waals surface area contributed by atoms with Crippen molar-refractivity contribution in [1.82, 2.24) is 4.90 Å². The van der Waals surface area contributed by atoms with Gasteiger partial charge in [0.1, 0.15) is 17.4 Å². The lowest BCUT2D eigenvalue weighted by molar-refractivity contribution is -0.895. The van der Waals surface area contributed by atoms with Crippen LogP contribution in [0.2, 0.25) is 0 Å². The number of hydrogen-bond acceptors (Lipinski definition) is 4. The molecule has 140 valence electrons. The molecule has 0 fully saturated rings. The SMILES string of the molecule is CC[NH+](CC)CCN1C(=O)c2oc3ccccc3c(=O)c2[C@@H]1c1ccco1. The topological polar surface area (TPSA) is 68.1 Å². The van der Waals surface area contributed by atoms with Crippen LogP contribution in [0.5, 0.6) is 0 Å². The predicted octanol–water partition coefficient (Wildman–Crippen LogP) is 1.86. The van der Waals surface area contributed by atoms with Crippen molar-refractivity contribution in [2.45, 2.75) is 19.9 Å². The zero-order chi connectivity index (χ0) is 19.0. The molecule has 6 nitrogen and oxygen atoms in total. The van der Waals surface area contributed by atoms with Gasteiger partial charge in [0, 0.05) is 0 Å². The Morgan fingerprint density at radius 1 is 1.07 bits per heavy atom. The lowest BCUT2D eigenvalue weighted by Crippen LogP contribution is -3.12. The first-order valence-corrected chi connectivity index (χ1v) is 9.39. The Morgan fingerprint density at radius 3 is 2.56 bits per heavy atom. The third kappa shape index (κ3) is 2.86. The van der Waals surface area contributed by atoms with Crippen LogP contribution in [0.4, 0.5) is 0 Å². The summed E-state index contributed by atoms with van der Waals surface area (Å²) in [5.41, 5.74) is 0.645. The number of carbonyl (C=O) groups is 1.